The number of nitro benzene ring substituents is 1. The topological polar surface area (TPSA) is 110 Å². The first kappa shape index (κ1) is 16.6. The molecule has 2 N–H and O–H groups in total. The highest BCUT2D eigenvalue weighted by Crippen LogP contribution is 2.24. The average molecular weight is 294 g/mol. The minimum absolute atomic E-state index is 0.0246. The summed E-state index contributed by atoms with van der Waals surface area (Å²) >= 11 is 0. The summed E-state index contributed by atoms with van der Waals surface area (Å²) in [4.78, 5) is 33.3. The Hall–Kier alpha value is -2.44. The number of carboxylic acids is 1. The van der Waals surface area contributed by atoms with E-state index >= 15 is 0 Å². The van der Waals surface area contributed by atoms with Gasteiger partial charge in [-0.3, -0.25) is 19.7 Å². The van der Waals surface area contributed by atoms with Gasteiger partial charge >= 0.3 is 5.97 Å². The van der Waals surface area contributed by atoms with Gasteiger partial charge < -0.3 is 10.4 Å². The molecule has 0 bridgehead atoms. The molecule has 21 heavy (non-hydrogen) atoms. The maximum atomic E-state index is 12.2. The molecule has 7 heteroatoms. The van der Waals surface area contributed by atoms with E-state index in [0.29, 0.717) is 5.56 Å². The third-order valence-electron chi connectivity index (χ3n) is 3.08. The van der Waals surface area contributed by atoms with Crippen molar-refractivity contribution < 1.29 is 19.6 Å². The number of nitro groups is 1. The minimum atomic E-state index is -0.959. The Morgan fingerprint density at radius 1 is 1.38 bits per heavy atom. The molecule has 0 saturated carbocycles. The third-order valence-corrected chi connectivity index (χ3v) is 3.08. The second-order valence-electron chi connectivity index (χ2n) is 5.46. The Balaban J connectivity index is 2.97. The number of carbonyl (C=O) groups is 2. The van der Waals surface area contributed by atoms with E-state index in [9.17, 15) is 19.7 Å². The van der Waals surface area contributed by atoms with Gasteiger partial charge in [0.2, 0.25) is 0 Å². The summed E-state index contributed by atoms with van der Waals surface area (Å²) in [6.07, 6.45) is 0.136. The second kappa shape index (κ2) is 6.34. The number of benzene rings is 1. The standard InChI is InChI=1S/C14H18N2O5/c1-9-5-4-6-10(12(9)16(20)21)13(19)15-14(2,3)8-7-11(17)18/h4-6H,7-8H2,1-3H3,(H,15,19)(H,17,18). The van der Waals surface area contributed by atoms with Crippen LogP contribution in [-0.4, -0.2) is 27.4 Å². The quantitative estimate of drug-likeness (QED) is 0.617. The molecule has 114 valence electrons. The molecule has 1 rings (SSSR count). The molecule has 0 aromatic heterocycles. The van der Waals surface area contributed by atoms with Crippen molar-refractivity contribution in [2.75, 3.05) is 0 Å². The smallest absolute Gasteiger partial charge is 0.303 e. The number of amides is 1. The second-order valence-corrected chi connectivity index (χ2v) is 5.46. The SMILES string of the molecule is Cc1cccc(C(=O)NC(C)(C)CCC(=O)O)c1[N+](=O)[O-]. The van der Waals surface area contributed by atoms with Crippen molar-refractivity contribution in [2.45, 2.75) is 39.2 Å². The number of carbonyl (C=O) groups excluding carboxylic acids is 1. The molecule has 0 spiro atoms. The lowest BCUT2D eigenvalue weighted by molar-refractivity contribution is -0.385. The lowest BCUT2D eigenvalue weighted by Crippen LogP contribution is -2.43. The van der Waals surface area contributed by atoms with Crippen molar-refractivity contribution in [2.24, 2.45) is 0 Å². The summed E-state index contributed by atoms with van der Waals surface area (Å²) < 4.78 is 0. The van der Waals surface area contributed by atoms with Crippen LogP contribution < -0.4 is 5.32 Å². The van der Waals surface area contributed by atoms with Gasteiger partial charge in [0.1, 0.15) is 5.56 Å². The molecule has 7 nitrogen and oxygen atoms in total. The Labute approximate surface area is 122 Å². The summed E-state index contributed by atoms with van der Waals surface area (Å²) in [5.74, 6) is -1.54. The Kier molecular flexibility index (Phi) is 5.02. The van der Waals surface area contributed by atoms with E-state index < -0.39 is 22.3 Å². The third kappa shape index (κ3) is 4.55. The summed E-state index contributed by atoms with van der Waals surface area (Å²) in [5.41, 5.74) is -0.629. The Morgan fingerprint density at radius 3 is 2.52 bits per heavy atom. The molecule has 1 amide bonds. The predicted molar refractivity (Wildman–Crippen MR) is 76.2 cm³/mol. The number of nitrogens with zero attached hydrogens (tertiary/aromatic N) is 1. The number of aliphatic carboxylic acids is 1. The maximum Gasteiger partial charge on any atom is 0.303 e. The number of aryl methyl sites for hydroxylation is 1. The van der Waals surface area contributed by atoms with Gasteiger partial charge in [-0.1, -0.05) is 12.1 Å². The first-order chi connectivity index (χ1) is 9.64. The number of hydrogen-bond donors (Lipinski definition) is 2. The Morgan fingerprint density at radius 2 is 2.00 bits per heavy atom. The first-order valence-electron chi connectivity index (χ1n) is 6.42. The zero-order chi connectivity index (χ0) is 16.2. The van der Waals surface area contributed by atoms with Crippen LogP contribution in [0.25, 0.3) is 0 Å². The van der Waals surface area contributed by atoms with E-state index in [0.717, 1.165) is 0 Å². The average Bonchev–Trinajstić information content (AvgIpc) is 2.35. The number of carboxylic acid groups (broad SMARTS) is 1. The fourth-order valence-corrected chi connectivity index (χ4v) is 1.94. The van der Waals surface area contributed by atoms with E-state index in [-0.39, 0.29) is 24.1 Å². The molecular formula is C14H18N2O5. The fraction of sp³-hybridized carbons (Fsp3) is 0.429. The molecule has 1 aromatic carbocycles. The fourth-order valence-electron chi connectivity index (χ4n) is 1.94. The highest BCUT2D eigenvalue weighted by molar-refractivity contribution is 5.99. The van der Waals surface area contributed by atoms with Crippen LogP contribution in [-0.2, 0) is 4.79 Å². The normalized spacial score (nSPS) is 11.0. The van der Waals surface area contributed by atoms with Crippen LogP contribution in [0.4, 0.5) is 5.69 Å². The van der Waals surface area contributed by atoms with Gasteiger partial charge in [-0.15, -0.1) is 0 Å². The Bertz CT molecular complexity index is 581. The molecular weight excluding hydrogens is 276 g/mol. The van der Waals surface area contributed by atoms with E-state index in [4.69, 9.17) is 5.11 Å². The zero-order valence-electron chi connectivity index (χ0n) is 12.2. The van der Waals surface area contributed by atoms with Crippen LogP contribution in [0, 0.1) is 17.0 Å². The van der Waals surface area contributed by atoms with Crippen molar-refractivity contribution in [1.29, 1.82) is 0 Å². The molecule has 1 aromatic rings. The first-order valence-corrected chi connectivity index (χ1v) is 6.42. The van der Waals surface area contributed by atoms with Crippen LogP contribution in [0.3, 0.4) is 0 Å². The highest BCUT2D eigenvalue weighted by Gasteiger charge is 2.27. The number of hydrogen-bond acceptors (Lipinski definition) is 4. The molecule has 0 heterocycles. The van der Waals surface area contributed by atoms with Gasteiger partial charge in [-0.2, -0.15) is 0 Å². The monoisotopic (exact) mass is 294 g/mol. The molecule has 0 atom stereocenters. The predicted octanol–water partition coefficient (Wildman–Crippen LogP) is 2.28. The molecule has 0 aliphatic rings. The van der Waals surface area contributed by atoms with Gasteiger partial charge in [0.15, 0.2) is 0 Å². The van der Waals surface area contributed by atoms with E-state index in [1.54, 1.807) is 32.9 Å². The number of para-hydroxylation sites is 1. The largest absolute Gasteiger partial charge is 0.481 e. The molecule has 0 saturated heterocycles. The van der Waals surface area contributed by atoms with Crippen molar-refractivity contribution >= 4 is 17.6 Å². The van der Waals surface area contributed by atoms with Crippen molar-refractivity contribution in [3.05, 3.63) is 39.4 Å². The van der Waals surface area contributed by atoms with E-state index in [1.165, 1.54) is 6.07 Å². The van der Waals surface area contributed by atoms with Gasteiger partial charge in [0.25, 0.3) is 11.6 Å². The summed E-state index contributed by atoms with van der Waals surface area (Å²) in [7, 11) is 0. The molecule has 0 aliphatic carbocycles. The summed E-state index contributed by atoms with van der Waals surface area (Å²) in [6, 6.07) is 4.51. The van der Waals surface area contributed by atoms with Crippen LogP contribution >= 0.6 is 0 Å². The highest BCUT2D eigenvalue weighted by atomic mass is 16.6. The van der Waals surface area contributed by atoms with Gasteiger partial charge in [0, 0.05) is 17.5 Å². The minimum Gasteiger partial charge on any atom is -0.481 e. The van der Waals surface area contributed by atoms with Crippen molar-refractivity contribution in [3.63, 3.8) is 0 Å². The van der Waals surface area contributed by atoms with E-state index in [2.05, 4.69) is 5.32 Å². The van der Waals surface area contributed by atoms with Gasteiger partial charge in [-0.05, 0) is 33.3 Å². The lowest BCUT2D eigenvalue weighted by Gasteiger charge is -2.25. The molecule has 0 fully saturated rings. The van der Waals surface area contributed by atoms with Crippen LogP contribution in [0.1, 0.15) is 42.6 Å². The van der Waals surface area contributed by atoms with Crippen molar-refractivity contribution in [1.82, 2.24) is 5.32 Å². The molecule has 0 radical (unpaired) electrons. The van der Waals surface area contributed by atoms with Gasteiger partial charge in [-0.25, -0.2) is 0 Å². The number of rotatable bonds is 6. The van der Waals surface area contributed by atoms with Crippen LogP contribution in [0.2, 0.25) is 0 Å². The van der Waals surface area contributed by atoms with Gasteiger partial charge in [0.05, 0.1) is 4.92 Å². The van der Waals surface area contributed by atoms with Crippen LogP contribution in [0.5, 0.6) is 0 Å². The summed E-state index contributed by atoms with van der Waals surface area (Å²) in [5, 5.41) is 22.4. The van der Waals surface area contributed by atoms with Crippen molar-refractivity contribution in [3.8, 4) is 0 Å². The maximum absolute atomic E-state index is 12.2. The number of nitrogens with one attached hydrogen (secondary N) is 1. The van der Waals surface area contributed by atoms with E-state index in [1.807, 2.05) is 0 Å². The van der Waals surface area contributed by atoms with Crippen LogP contribution in [0.15, 0.2) is 18.2 Å². The molecule has 0 aliphatic heterocycles. The summed E-state index contributed by atoms with van der Waals surface area (Å²) in [6.45, 7) is 4.91. The zero-order valence-corrected chi connectivity index (χ0v) is 12.2. The lowest BCUT2D eigenvalue weighted by atomic mass is 9.97. The molecule has 0 unspecified atom stereocenters.